The quantitative estimate of drug-likeness (QED) is 0.836. The zero-order valence-electron chi connectivity index (χ0n) is 13.8. The van der Waals surface area contributed by atoms with Gasteiger partial charge < -0.3 is 14.9 Å². The molecule has 0 saturated carbocycles. The molecule has 1 unspecified atom stereocenters. The lowest BCUT2D eigenvalue weighted by molar-refractivity contribution is 0.121. The molecule has 1 aromatic rings. The lowest BCUT2D eigenvalue weighted by Gasteiger charge is -2.24. The number of likely N-dealkylation sites (N-methyl/N-ethyl adjacent to an activating group) is 1. The molecule has 1 N–H and O–H groups in total. The molecule has 3 heteroatoms. The van der Waals surface area contributed by atoms with Crippen LogP contribution in [0.4, 0.5) is 0 Å². The molecule has 0 spiro atoms. The van der Waals surface area contributed by atoms with Crippen molar-refractivity contribution in [3.63, 3.8) is 0 Å². The predicted molar refractivity (Wildman–Crippen MR) is 88.7 cm³/mol. The number of aliphatic hydroxyl groups is 1. The van der Waals surface area contributed by atoms with Gasteiger partial charge in [-0.2, -0.15) is 0 Å². The Morgan fingerprint density at radius 1 is 1.10 bits per heavy atom. The molecule has 1 atom stereocenters. The van der Waals surface area contributed by atoms with Gasteiger partial charge in [-0.1, -0.05) is 38.1 Å². The Labute approximate surface area is 129 Å². The average Bonchev–Trinajstić information content (AvgIpc) is 2.98. The molecular weight excluding hydrogens is 260 g/mol. The summed E-state index contributed by atoms with van der Waals surface area (Å²) in [5.74, 6) is 0.541. The first-order valence-corrected chi connectivity index (χ1v) is 8.25. The van der Waals surface area contributed by atoms with Gasteiger partial charge in [0.05, 0.1) is 6.10 Å². The average molecular weight is 290 g/mol. The van der Waals surface area contributed by atoms with Crippen molar-refractivity contribution in [2.45, 2.75) is 38.7 Å². The number of likely N-dealkylation sites (tertiary alicyclic amines) is 1. The highest BCUT2D eigenvalue weighted by Crippen LogP contribution is 2.19. The molecule has 3 nitrogen and oxygen atoms in total. The Morgan fingerprint density at radius 2 is 1.67 bits per heavy atom. The van der Waals surface area contributed by atoms with Crippen molar-refractivity contribution >= 4 is 0 Å². The number of benzene rings is 1. The number of hydrogen-bond donors (Lipinski definition) is 1. The van der Waals surface area contributed by atoms with Gasteiger partial charge in [-0.3, -0.25) is 0 Å². The maximum absolute atomic E-state index is 10.4. The summed E-state index contributed by atoms with van der Waals surface area (Å²) in [5.41, 5.74) is 2.35. The molecule has 1 aromatic carbocycles. The van der Waals surface area contributed by atoms with Crippen molar-refractivity contribution in [2.75, 3.05) is 39.8 Å². The monoisotopic (exact) mass is 290 g/mol. The van der Waals surface area contributed by atoms with Gasteiger partial charge in [0.25, 0.3) is 0 Å². The molecule has 118 valence electrons. The maximum Gasteiger partial charge on any atom is 0.0916 e. The van der Waals surface area contributed by atoms with Crippen LogP contribution in [-0.2, 0) is 0 Å². The molecule has 21 heavy (non-hydrogen) atoms. The SMILES string of the molecule is CC(C)c1ccc(C(O)CN(C)CCN2CCCC2)cc1. The summed E-state index contributed by atoms with van der Waals surface area (Å²) in [4.78, 5) is 4.75. The van der Waals surface area contributed by atoms with E-state index in [4.69, 9.17) is 0 Å². The summed E-state index contributed by atoms with van der Waals surface area (Å²) >= 11 is 0. The van der Waals surface area contributed by atoms with Crippen LogP contribution in [-0.4, -0.2) is 54.7 Å². The first-order chi connectivity index (χ1) is 10.1. The molecule has 1 aliphatic heterocycles. The van der Waals surface area contributed by atoms with Gasteiger partial charge in [0.2, 0.25) is 0 Å². The highest BCUT2D eigenvalue weighted by atomic mass is 16.3. The molecule has 2 rings (SSSR count). The summed E-state index contributed by atoms with van der Waals surface area (Å²) < 4.78 is 0. The van der Waals surface area contributed by atoms with Crippen LogP contribution in [0.25, 0.3) is 0 Å². The Kier molecular flexibility index (Phi) is 6.22. The first-order valence-electron chi connectivity index (χ1n) is 8.25. The van der Waals surface area contributed by atoms with Crippen molar-refractivity contribution in [3.05, 3.63) is 35.4 Å². The normalized spacial score (nSPS) is 17.8. The van der Waals surface area contributed by atoms with Gasteiger partial charge in [0.15, 0.2) is 0 Å². The summed E-state index contributed by atoms with van der Waals surface area (Å²) in [6, 6.07) is 8.39. The van der Waals surface area contributed by atoms with E-state index in [2.05, 4.69) is 55.0 Å². The molecule has 0 bridgehead atoms. The van der Waals surface area contributed by atoms with Gasteiger partial charge in [0.1, 0.15) is 0 Å². The minimum atomic E-state index is -0.394. The van der Waals surface area contributed by atoms with Crippen LogP contribution in [0.1, 0.15) is 49.8 Å². The van der Waals surface area contributed by atoms with Gasteiger partial charge in [-0.05, 0) is 50.0 Å². The highest BCUT2D eigenvalue weighted by molar-refractivity contribution is 5.26. The number of nitrogens with zero attached hydrogens (tertiary/aromatic N) is 2. The number of hydrogen-bond acceptors (Lipinski definition) is 3. The fraction of sp³-hybridized carbons (Fsp3) is 0.667. The fourth-order valence-electron chi connectivity index (χ4n) is 2.91. The topological polar surface area (TPSA) is 26.7 Å². The van der Waals surface area contributed by atoms with Crippen LogP contribution >= 0.6 is 0 Å². The fourth-order valence-corrected chi connectivity index (χ4v) is 2.91. The predicted octanol–water partition coefficient (Wildman–Crippen LogP) is 2.87. The molecule has 1 saturated heterocycles. The van der Waals surface area contributed by atoms with Crippen LogP contribution in [0.5, 0.6) is 0 Å². The van der Waals surface area contributed by atoms with E-state index in [-0.39, 0.29) is 0 Å². The van der Waals surface area contributed by atoms with Crippen LogP contribution < -0.4 is 0 Å². The van der Waals surface area contributed by atoms with E-state index in [0.29, 0.717) is 12.5 Å². The maximum atomic E-state index is 10.4. The Balaban J connectivity index is 1.77. The minimum absolute atomic E-state index is 0.394. The number of rotatable bonds is 7. The van der Waals surface area contributed by atoms with E-state index in [9.17, 15) is 5.11 Å². The summed E-state index contributed by atoms with van der Waals surface area (Å²) in [5, 5.41) is 10.4. The van der Waals surface area contributed by atoms with Crippen LogP contribution in [0.15, 0.2) is 24.3 Å². The second kappa shape index (κ2) is 7.92. The molecule has 1 fully saturated rings. The van der Waals surface area contributed by atoms with Crippen molar-refractivity contribution in [2.24, 2.45) is 0 Å². The summed E-state index contributed by atoms with van der Waals surface area (Å²) in [6.07, 6.45) is 2.29. The Morgan fingerprint density at radius 3 is 2.24 bits per heavy atom. The van der Waals surface area contributed by atoms with E-state index in [1.165, 1.54) is 31.5 Å². The Bertz CT molecular complexity index is 410. The molecule has 0 aromatic heterocycles. The summed E-state index contributed by atoms with van der Waals surface area (Å²) in [6.45, 7) is 9.72. The second-order valence-corrected chi connectivity index (χ2v) is 6.65. The zero-order chi connectivity index (χ0) is 15.2. The van der Waals surface area contributed by atoms with Crippen LogP contribution in [0.2, 0.25) is 0 Å². The lowest BCUT2D eigenvalue weighted by atomic mass is 10.00. The van der Waals surface area contributed by atoms with Gasteiger partial charge in [0, 0.05) is 19.6 Å². The van der Waals surface area contributed by atoms with E-state index >= 15 is 0 Å². The third-order valence-corrected chi connectivity index (χ3v) is 4.47. The number of aliphatic hydroxyl groups excluding tert-OH is 1. The third-order valence-electron chi connectivity index (χ3n) is 4.47. The molecule has 0 aliphatic carbocycles. The molecule has 0 radical (unpaired) electrons. The minimum Gasteiger partial charge on any atom is -0.387 e. The molecule has 1 heterocycles. The summed E-state index contributed by atoms with van der Waals surface area (Å²) in [7, 11) is 2.10. The highest BCUT2D eigenvalue weighted by Gasteiger charge is 2.14. The van der Waals surface area contributed by atoms with Crippen molar-refractivity contribution in [1.82, 2.24) is 9.80 Å². The largest absolute Gasteiger partial charge is 0.387 e. The van der Waals surface area contributed by atoms with Gasteiger partial charge in [-0.25, -0.2) is 0 Å². The van der Waals surface area contributed by atoms with E-state index < -0.39 is 6.10 Å². The zero-order valence-corrected chi connectivity index (χ0v) is 13.8. The van der Waals surface area contributed by atoms with Crippen molar-refractivity contribution in [1.29, 1.82) is 0 Å². The third kappa shape index (κ3) is 5.10. The van der Waals surface area contributed by atoms with Gasteiger partial charge in [-0.15, -0.1) is 0 Å². The van der Waals surface area contributed by atoms with Crippen molar-refractivity contribution in [3.8, 4) is 0 Å². The first kappa shape index (κ1) is 16.5. The smallest absolute Gasteiger partial charge is 0.0916 e. The lowest BCUT2D eigenvalue weighted by Crippen LogP contribution is -2.33. The van der Waals surface area contributed by atoms with Crippen LogP contribution in [0, 0.1) is 0 Å². The standard InChI is InChI=1S/C18H30N2O/c1-15(2)16-6-8-17(9-7-16)18(21)14-19(3)12-13-20-10-4-5-11-20/h6-9,15,18,21H,4-5,10-14H2,1-3H3. The Hall–Kier alpha value is -0.900. The van der Waals surface area contributed by atoms with E-state index in [0.717, 1.165) is 18.7 Å². The molecule has 0 amide bonds. The second-order valence-electron chi connectivity index (χ2n) is 6.65. The van der Waals surface area contributed by atoms with Crippen LogP contribution in [0.3, 0.4) is 0 Å². The van der Waals surface area contributed by atoms with E-state index in [1.807, 2.05) is 0 Å². The molecular formula is C18H30N2O. The van der Waals surface area contributed by atoms with Crippen molar-refractivity contribution < 1.29 is 5.11 Å². The van der Waals surface area contributed by atoms with E-state index in [1.54, 1.807) is 0 Å². The molecule has 1 aliphatic rings. The van der Waals surface area contributed by atoms with Gasteiger partial charge >= 0.3 is 0 Å².